The first-order valence-electron chi connectivity index (χ1n) is 10.1. The van der Waals surface area contributed by atoms with Gasteiger partial charge >= 0.3 is 0 Å². The summed E-state index contributed by atoms with van der Waals surface area (Å²) in [7, 11) is -3.53. The van der Waals surface area contributed by atoms with Crippen molar-refractivity contribution in [2.75, 3.05) is 13.2 Å². The number of aryl methyl sites for hydroxylation is 1. The summed E-state index contributed by atoms with van der Waals surface area (Å²) in [6.07, 6.45) is 6.45. The summed E-state index contributed by atoms with van der Waals surface area (Å²) in [5.74, 6) is 0.567. The molecule has 6 heteroatoms. The maximum atomic E-state index is 13.2. The van der Waals surface area contributed by atoms with E-state index in [9.17, 15) is 8.42 Å². The third-order valence-electron chi connectivity index (χ3n) is 5.44. The number of nitrogens with zero attached hydrogens (tertiary/aromatic N) is 2. The van der Waals surface area contributed by atoms with E-state index in [1.807, 2.05) is 61.5 Å². The van der Waals surface area contributed by atoms with Crippen molar-refractivity contribution in [1.82, 2.24) is 4.31 Å². The molecule has 2 atom stereocenters. The van der Waals surface area contributed by atoms with Crippen molar-refractivity contribution in [2.24, 2.45) is 4.99 Å². The Hall–Kier alpha value is -2.44. The van der Waals surface area contributed by atoms with E-state index in [0.29, 0.717) is 23.9 Å². The summed E-state index contributed by atoms with van der Waals surface area (Å²) >= 11 is 0. The van der Waals surface area contributed by atoms with E-state index in [2.05, 4.69) is 4.99 Å². The van der Waals surface area contributed by atoms with Crippen LogP contribution in [0.15, 0.2) is 76.6 Å². The van der Waals surface area contributed by atoms with Crippen LogP contribution in [0.4, 0.5) is 0 Å². The molecule has 0 unspecified atom stereocenters. The monoisotopic (exact) mass is 410 g/mol. The lowest BCUT2D eigenvalue weighted by Crippen LogP contribution is -2.42. The molecular formula is C23H26N2O3S. The van der Waals surface area contributed by atoms with Gasteiger partial charge in [0.2, 0.25) is 15.9 Å². The second-order valence-electron chi connectivity index (χ2n) is 7.56. The lowest BCUT2D eigenvalue weighted by Gasteiger charge is -2.33. The number of aliphatic imine (C=N–C) groups is 1. The zero-order chi connectivity index (χ0) is 20.3. The first-order chi connectivity index (χ1) is 14.0. The van der Waals surface area contributed by atoms with Crippen molar-refractivity contribution < 1.29 is 13.2 Å². The Labute approximate surface area is 172 Å². The van der Waals surface area contributed by atoms with Crippen LogP contribution in [0.5, 0.6) is 0 Å². The fraction of sp³-hybridized carbons (Fsp3) is 0.348. The van der Waals surface area contributed by atoms with E-state index in [4.69, 9.17) is 4.74 Å². The van der Waals surface area contributed by atoms with E-state index in [-0.39, 0.29) is 12.1 Å². The Balaban J connectivity index is 1.51. The van der Waals surface area contributed by atoms with Gasteiger partial charge in [-0.25, -0.2) is 13.4 Å². The lowest BCUT2D eigenvalue weighted by atomic mass is 10.0. The molecule has 2 heterocycles. The fourth-order valence-electron chi connectivity index (χ4n) is 3.79. The van der Waals surface area contributed by atoms with Gasteiger partial charge in [-0.2, -0.15) is 4.31 Å². The Bertz CT molecular complexity index is 998. The van der Waals surface area contributed by atoms with Gasteiger partial charge in [-0.3, -0.25) is 0 Å². The maximum Gasteiger partial charge on any atom is 0.243 e. The van der Waals surface area contributed by atoms with Crippen LogP contribution < -0.4 is 0 Å². The molecule has 2 aromatic rings. The average Bonchev–Trinajstić information content (AvgIpc) is 3.22. The lowest BCUT2D eigenvalue weighted by molar-refractivity contribution is 0.290. The van der Waals surface area contributed by atoms with Gasteiger partial charge in [0.05, 0.1) is 4.90 Å². The molecule has 2 aliphatic rings. The number of piperidine rings is 1. The van der Waals surface area contributed by atoms with E-state index >= 15 is 0 Å². The van der Waals surface area contributed by atoms with Crippen molar-refractivity contribution in [1.29, 1.82) is 0 Å². The molecule has 0 spiro atoms. The van der Waals surface area contributed by atoms with Gasteiger partial charge in [0, 0.05) is 12.6 Å². The number of hydrogen-bond donors (Lipinski definition) is 0. The van der Waals surface area contributed by atoms with Crippen molar-refractivity contribution in [3.63, 3.8) is 0 Å². The summed E-state index contributed by atoms with van der Waals surface area (Å²) in [6.45, 7) is 3.00. The molecule has 0 aromatic heterocycles. The minimum Gasteiger partial charge on any atom is -0.475 e. The fourth-order valence-corrected chi connectivity index (χ4v) is 5.44. The predicted octanol–water partition coefficient (Wildman–Crippen LogP) is 4.26. The normalized spacial score (nSPS) is 23.1. The Kier molecular flexibility index (Phi) is 5.83. The largest absolute Gasteiger partial charge is 0.475 e. The molecule has 2 aliphatic heterocycles. The highest BCUT2D eigenvalue weighted by Gasteiger charge is 2.32. The predicted molar refractivity (Wildman–Crippen MR) is 114 cm³/mol. The molecule has 4 rings (SSSR count). The van der Waals surface area contributed by atoms with Crippen LogP contribution in [0, 0.1) is 6.92 Å². The number of benzene rings is 2. The molecule has 0 saturated carbocycles. The minimum absolute atomic E-state index is 0.00500. The molecule has 2 aromatic carbocycles. The summed E-state index contributed by atoms with van der Waals surface area (Å²) in [6, 6.07) is 16.9. The van der Waals surface area contributed by atoms with Gasteiger partial charge in [-0.05, 0) is 43.5 Å². The second kappa shape index (κ2) is 8.51. The third kappa shape index (κ3) is 4.43. The molecule has 5 nitrogen and oxygen atoms in total. The Morgan fingerprint density at radius 1 is 1.07 bits per heavy atom. The minimum atomic E-state index is -3.53. The highest BCUT2D eigenvalue weighted by molar-refractivity contribution is 7.89. The van der Waals surface area contributed by atoms with Gasteiger partial charge in [0.15, 0.2) is 0 Å². The summed E-state index contributed by atoms with van der Waals surface area (Å²) in [5, 5.41) is 0. The molecule has 1 fully saturated rings. The molecule has 1 saturated heterocycles. The molecule has 0 aliphatic carbocycles. The van der Waals surface area contributed by atoms with E-state index in [1.165, 1.54) is 0 Å². The van der Waals surface area contributed by atoms with Gasteiger partial charge < -0.3 is 4.74 Å². The van der Waals surface area contributed by atoms with Crippen LogP contribution in [0.25, 0.3) is 0 Å². The van der Waals surface area contributed by atoms with Crippen LogP contribution >= 0.6 is 0 Å². The average molecular weight is 411 g/mol. The maximum absolute atomic E-state index is 13.2. The number of hydrogen-bond acceptors (Lipinski definition) is 4. The van der Waals surface area contributed by atoms with Gasteiger partial charge in [0.25, 0.3) is 0 Å². The quantitative estimate of drug-likeness (QED) is 0.740. The topological polar surface area (TPSA) is 59.0 Å². The zero-order valence-corrected chi connectivity index (χ0v) is 17.4. The van der Waals surface area contributed by atoms with Crippen LogP contribution in [-0.4, -0.2) is 37.8 Å². The van der Waals surface area contributed by atoms with Crippen LogP contribution in [0.2, 0.25) is 0 Å². The van der Waals surface area contributed by atoms with E-state index in [1.54, 1.807) is 16.4 Å². The van der Waals surface area contributed by atoms with Crippen molar-refractivity contribution in [2.45, 2.75) is 43.2 Å². The Morgan fingerprint density at radius 2 is 1.83 bits per heavy atom. The zero-order valence-electron chi connectivity index (χ0n) is 16.6. The van der Waals surface area contributed by atoms with Crippen LogP contribution in [0.3, 0.4) is 0 Å². The summed E-state index contributed by atoms with van der Waals surface area (Å²) in [5.41, 5.74) is 2.17. The number of sulfonamides is 1. The molecule has 152 valence electrons. The molecule has 29 heavy (non-hydrogen) atoms. The molecule has 0 amide bonds. The van der Waals surface area contributed by atoms with Crippen molar-refractivity contribution in [3.8, 4) is 0 Å². The highest BCUT2D eigenvalue weighted by Crippen LogP contribution is 2.27. The van der Waals surface area contributed by atoms with Crippen LogP contribution in [-0.2, 0) is 14.8 Å². The molecule has 0 radical (unpaired) electrons. The Morgan fingerprint density at radius 3 is 2.59 bits per heavy atom. The number of ether oxygens (including phenoxy) is 1. The van der Waals surface area contributed by atoms with Crippen molar-refractivity contribution in [3.05, 3.63) is 77.9 Å². The third-order valence-corrected chi connectivity index (χ3v) is 7.38. The first-order valence-corrected chi connectivity index (χ1v) is 11.5. The highest BCUT2D eigenvalue weighted by atomic mass is 32.2. The van der Waals surface area contributed by atoms with E-state index < -0.39 is 10.0 Å². The smallest absolute Gasteiger partial charge is 0.243 e. The standard InChI is InChI=1S/C23H26N2O3S/c1-18-10-13-21(14-11-18)29(26,27)25-16-6-5-9-20(25)12-15-23-24-22(17-28-23)19-7-3-2-4-8-19/h2-4,7-8,10-15,20,22H,5-6,9,16-17H2,1H3/b15-12+/t20-,22+/m0/s1. The SMILES string of the molecule is Cc1ccc(S(=O)(=O)N2CCCC[C@H]2/C=C/C2=N[C@@H](c3ccccc3)CO2)cc1. The molecule has 0 N–H and O–H groups in total. The molecular weight excluding hydrogens is 384 g/mol. The summed E-state index contributed by atoms with van der Waals surface area (Å²) < 4.78 is 33.7. The summed E-state index contributed by atoms with van der Waals surface area (Å²) in [4.78, 5) is 4.99. The van der Waals surface area contributed by atoms with E-state index in [0.717, 1.165) is 30.4 Å². The first kappa shape index (κ1) is 19.9. The number of rotatable bonds is 5. The van der Waals surface area contributed by atoms with Gasteiger partial charge in [-0.15, -0.1) is 0 Å². The van der Waals surface area contributed by atoms with Crippen molar-refractivity contribution >= 4 is 15.9 Å². The van der Waals surface area contributed by atoms with Gasteiger partial charge in [0.1, 0.15) is 12.6 Å². The molecule has 0 bridgehead atoms. The van der Waals surface area contributed by atoms with Gasteiger partial charge in [-0.1, -0.05) is 60.5 Å². The second-order valence-corrected chi connectivity index (χ2v) is 9.45. The van der Waals surface area contributed by atoms with Crippen LogP contribution in [0.1, 0.15) is 36.4 Å².